The fourth-order valence-electron chi connectivity index (χ4n) is 2.79. The molecule has 0 saturated heterocycles. The van der Waals surface area contributed by atoms with Gasteiger partial charge in [0, 0.05) is 38.8 Å². The molecule has 0 radical (unpaired) electrons. The predicted molar refractivity (Wildman–Crippen MR) is 114 cm³/mol. The number of carbonyl (C=O) groups is 1. The van der Waals surface area contributed by atoms with Gasteiger partial charge in [0.1, 0.15) is 17.1 Å². The van der Waals surface area contributed by atoms with Crippen molar-refractivity contribution in [3.05, 3.63) is 93.0 Å². The van der Waals surface area contributed by atoms with E-state index in [0.717, 1.165) is 5.56 Å². The molecule has 7 heteroatoms. The van der Waals surface area contributed by atoms with E-state index in [-0.39, 0.29) is 5.91 Å². The van der Waals surface area contributed by atoms with E-state index in [4.69, 9.17) is 32.0 Å². The zero-order valence-corrected chi connectivity index (χ0v) is 16.3. The molecule has 4 rings (SSSR count). The van der Waals surface area contributed by atoms with Crippen molar-refractivity contribution < 1.29 is 13.6 Å². The summed E-state index contributed by atoms with van der Waals surface area (Å²) in [5.74, 6) is 0.766. The standard InChI is InChI=1S/C22H13Cl2NO4/c23-15-9-14(10-16(24)12-15)20-6-3-18(28-20)4-7-21(26)25-17-2-5-19-13(11-17)1-8-22(27)29-19/h1-12H,(H,25,26). The van der Waals surface area contributed by atoms with Crippen LogP contribution in [0.1, 0.15) is 5.76 Å². The normalized spacial score (nSPS) is 11.2. The van der Waals surface area contributed by atoms with Crippen molar-refractivity contribution in [2.24, 2.45) is 0 Å². The topological polar surface area (TPSA) is 72.5 Å². The largest absolute Gasteiger partial charge is 0.457 e. The monoisotopic (exact) mass is 425 g/mol. The summed E-state index contributed by atoms with van der Waals surface area (Å²) in [6.45, 7) is 0. The SMILES string of the molecule is O=C(C=Cc1ccc(-c2cc(Cl)cc(Cl)c2)o1)Nc1ccc2oc(=O)ccc2c1. The van der Waals surface area contributed by atoms with Crippen LogP contribution in [0, 0.1) is 0 Å². The Morgan fingerprint density at radius 3 is 2.48 bits per heavy atom. The van der Waals surface area contributed by atoms with Gasteiger partial charge in [0.25, 0.3) is 0 Å². The second-order valence-electron chi connectivity index (χ2n) is 6.19. The number of rotatable bonds is 4. The average Bonchev–Trinajstić information content (AvgIpc) is 3.15. The molecule has 1 N–H and O–H groups in total. The van der Waals surface area contributed by atoms with Crippen LogP contribution >= 0.6 is 23.2 Å². The van der Waals surface area contributed by atoms with E-state index in [2.05, 4.69) is 5.32 Å². The Kier molecular flexibility index (Phi) is 5.25. The summed E-state index contributed by atoms with van der Waals surface area (Å²) in [7, 11) is 0. The number of halogens is 2. The summed E-state index contributed by atoms with van der Waals surface area (Å²) in [6.07, 6.45) is 2.92. The Labute approximate surface area is 175 Å². The highest BCUT2D eigenvalue weighted by Gasteiger charge is 2.07. The lowest BCUT2D eigenvalue weighted by Gasteiger charge is -2.03. The van der Waals surface area contributed by atoms with Crippen LogP contribution in [0.5, 0.6) is 0 Å². The maximum atomic E-state index is 12.2. The number of anilines is 1. The second-order valence-corrected chi connectivity index (χ2v) is 7.06. The van der Waals surface area contributed by atoms with Crippen molar-refractivity contribution >= 4 is 51.8 Å². The minimum absolute atomic E-state index is 0.328. The number of benzene rings is 2. The van der Waals surface area contributed by atoms with Gasteiger partial charge in [0.05, 0.1) is 0 Å². The van der Waals surface area contributed by atoms with Gasteiger partial charge >= 0.3 is 5.63 Å². The van der Waals surface area contributed by atoms with Crippen molar-refractivity contribution in [3.8, 4) is 11.3 Å². The summed E-state index contributed by atoms with van der Waals surface area (Å²) in [4.78, 5) is 23.4. The predicted octanol–water partition coefficient (Wildman–Crippen LogP) is 6.01. The molecule has 0 aliphatic heterocycles. The number of fused-ring (bicyclic) bond motifs is 1. The van der Waals surface area contributed by atoms with Crippen LogP contribution in [0.4, 0.5) is 5.69 Å². The van der Waals surface area contributed by atoms with Gasteiger partial charge in [-0.05, 0) is 60.7 Å². The van der Waals surface area contributed by atoms with E-state index in [9.17, 15) is 9.59 Å². The molecule has 0 unspecified atom stereocenters. The molecule has 0 aliphatic rings. The molecule has 2 aromatic heterocycles. The molecule has 0 fully saturated rings. The summed E-state index contributed by atoms with van der Waals surface area (Å²) in [5, 5.41) is 4.48. The molecule has 0 atom stereocenters. The Balaban J connectivity index is 1.46. The van der Waals surface area contributed by atoms with Crippen molar-refractivity contribution in [1.82, 2.24) is 0 Å². The second kappa shape index (κ2) is 7.99. The van der Waals surface area contributed by atoms with E-state index >= 15 is 0 Å². The molecule has 2 heterocycles. The fraction of sp³-hybridized carbons (Fsp3) is 0. The molecule has 2 aromatic carbocycles. The Bertz CT molecular complexity index is 1280. The van der Waals surface area contributed by atoms with Crippen molar-refractivity contribution in [2.45, 2.75) is 0 Å². The van der Waals surface area contributed by atoms with Crippen LogP contribution in [0.3, 0.4) is 0 Å². The van der Waals surface area contributed by atoms with Crippen LogP contribution in [-0.2, 0) is 4.79 Å². The summed E-state index contributed by atoms with van der Waals surface area (Å²) < 4.78 is 10.8. The molecule has 1 amide bonds. The molecule has 0 aliphatic carbocycles. The molecule has 4 aromatic rings. The average molecular weight is 426 g/mol. The lowest BCUT2D eigenvalue weighted by Crippen LogP contribution is -2.07. The van der Waals surface area contributed by atoms with Crippen LogP contribution in [0.2, 0.25) is 10.0 Å². The maximum absolute atomic E-state index is 12.2. The van der Waals surface area contributed by atoms with Gasteiger partial charge < -0.3 is 14.2 Å². The number of hydrogen-bond donors (Lipinski definition) is 1. The molecule has 144 valence electrons. The maximum Gasteiger partial charge on any atom is 0.336 e. The Morgan fingerprint density at radius 1 is 0.897 bits per heavy atom. The van der Waals surface area contributed by atoms with Gasteiger partial charge in [-0.1, -0.05) is 23.2 Å². The highest BCUT2D eigenvalue weighted by atomic mass is 35.5. The van der Waals surface area contributed by atoms with Gasteiger partial charge in [-0.15, -0.1) is 0 Å². The molecule has 0 saturated carbocycles. The summed E-state index contributed by atoms with van der Waals surface area (Å²) in [6, 6.07) is 16.6. The first-order valence-corrected chi connectivity index (χ1v) is 9.31. The number of furan rings is 1. The first-order valence-electron chi connectivity index (χ1n) is 8.55. The third-order valence-electron chi connectivity index (χ3n) is 4.06. The minimum Gasteiger partial charge on any atom is -0.457 e. The van der Waals surface area contributed by atoms with E-state index in [0.29, 0.717) is 38.2 Å². The number of carbonyl (C=O) groups excluding carboxylic acids is 1. The lowest BCUT2D eigenvalue weighted by molar-refractivity contribution is -0.111. The van der Waals surface area contributed by atoms with Crippen molar-refractivity contribution in [1.29, 1.82) is 0 Å². The number of hydrogen-bond acceptors (Lipinski definition) is 4. The van der Waals surface area contributed by atoms with Crippen LogP contribution in [0.15, 0.2) is 80.4 Å². The lowest BCUT2D eigenvalue weighted by atomic mass is 10.2. The number of amides is 1. The van der Waals surface area contributed by atoms with E-state index in [1.54, 1.807) is 60.7 Å². The number of nitrogens with one attached hydrogen (secondary N) is 1. The zero-order valence-electron chi connectivity index (χ0n) is 14.8. The first-order chi connectivity index (χ1) is 14.0. The molecular weight excluding hydrogens is 413 g/mol. The fourth-order valence-corrected chi connectivity index (χ4v) is 3.31. The molecule has 0 bridgehead atoms. The smallest absolute Gasteiger partial charge is 0.336 e. The Morgan fingerprint density at radius 2 is 1.69 bits per heavy atom. The zero-order chi connectivity index (χ0) is 20.4. The Hall–Kier alpha value is -3.28. The van der Waals surface area contributed by atoms with Crippen molar-refractivity contribution in [3.63, 3.8) is 0 Å². The van der Waals surface area contributed by atoms with Gasteiger partial charge in [-0.3, -0.25) is 4.79 Å². The molecule has 5 nitrogen and oxygen atoms in total. The van der Waals surface area contributed by atoms with Crippen LogP contribution in [0.25, 0.3) is 28.4 Å². The molecular formula is C22H13Cl2NO4. The quantitative estimate of drug-likeness (QED) is 0.320. The van der Waals surface area contributed by atoms with E-state index in [1.165, 1.54) is 12.1 Å². The van der Waals surface area contributed by atoms with E-state index < -0.39 is 5.63 Å². The van der Waals surface area contributed by atoms with Gasteiger partial charge in [-0.2, -0.15) is 0 Å². The summed E-state index contributed by atoms with van der Waals surface area (Å²) in [5.41, 5.74) is 1.36. The highest BCUT2D eigenvalue weighted by Crippen LogP contribution is 2.29. The van der Waals surface area contributed by atoms with Crippen LogP contribution in [-0.4, -0.2) is 5.91 Å². The first kappa shape index (κ1) is 19.1. The van der Waals surface area contributed by atoms with Gasteiger partial charge in [-0.25, -0.2) is 4.79 Å². The van der Waals surface area contributed by atoms with Crippen molar-refractivity contribution in [2.75, 3.05) is 5.32 Å². The van der Waals surface area contributed by atoms with E-state index in [1.807, 2.05) is 0 Å². The van der Waals surface area contributed by atoms with Gasteiger partial charge in [0.2, 0.25) is 5.91 Å². The minimum atomic E-state index is -0.421. The third-order valence-corrected chi connectivity index (χ3v) is 4.50. The molecule has 0 spiro atoms. The highest BCUT2D eigenvalue weighted by molar-refractivity contribution is 6.35. The van der Waals surface area contributed by atoms with Gasteiger partial charge in [0.15, 0.2) is 0 Å². The summed E-state index contributed by atoms with van der Waals surface area (Å²) >= 11 is 12.0. The molecule has 29 heavy (non-hydrogen) atoms. The third kappa shape index (κ3) is 4.59. The van der Waals surface area contributed by atoms with Crippen LogP contribution < -0.4 is 10.9 Å².